The van der Waals surface area contributed by atoms with Gasteiger partial charge in [0.05, 0.1) is 27.4 Å². The lowest BCUT2D eigenvalue weighted by Gasteiger charge is -2.26. The minimum Gasteiger partial charge on any atom is -0.493 e. The van der Waals surface area contributed by atoms with Gasteiger partial charge in [-0.05, 0) is 25.5 Å². The number of ether oxygens (including phenoxy) is 3. The van der Waals surface area contributed by atoms with Gasteiger partial charge in [0.1, 0.15) is 18.1 Å². The molecule has 0 saturated carbocycles. The first-order chi connectivity index (χ1) is 13.5. The molecule has 7 nitrogen and oxygen atoms in total. The van der Waals surface area contributed by atoms with Crippen LogP contribution in [0.5, 0.6) is 17.2 Å². The second-order valence-corrected chi connectivity index (χ2v) is 7.99. The summed E-state index contributed by atoms with van der Waals surface area (Å²) in [5.74, 6) is 0.301. The molecule has 0 aliphatic carbocycles. The van der Waals surface area contributed by atoms with Crippen LogP contribution in [0.3, 0.4) is 0 Å². The fourth-order valence-corrected chi connectivity index (χ4v) is 4.35. The predicted octanol–water partition coefficient (Wildman–Crippen LogP) is 4.51. The highest BCUT2D eigenvalue weighted by Gasteiger charge is 2.36. The van der Waals surface area contributed by atoms with Gasteiger partial charge in [0.15, 0.2) is 11.5 Å². The molecular weight excluding hydrogens is 381 g/mol. The van der Waals surface area contributed by atoms with Crippen LogP contribution in [0.25, 0.3) is 0 Å². The Balaban J connectivity index is 2.45. The molecule has 0 fully saturated rings. The van der Waals surface area contributed by atoms with E-state index in [0.29, 0.717) is 29.4 Å². The molecule has 0 aromatic heterocycles. The molecule has 0 aliphatic heterocycles. The minimum atomic E-state index is -3.61. The molecule has 0 saturated heterocycles. The summed E-state index contributed by atoms with van der Waals surface area (Å²) in [6, 6.07) is 13.0. The lowest BCUT2D eigenvalue weighted by atomic mass is 10.1. The number of hydrogen-bond acceptors (Lipinski definition) is 7. The van der Waals surface area contributed by atoms with Crippen molar-refractivity contribution in [3.8, 4) is 17.2 Å². The highest BCUT2D eigenvalue weighted by atomic mass is 31.2. The summed E-state index contributed by atoms with van der Waals surface area (Å²) >= 11 is 0. The van der Waals surface area contributed by atoms with Crippen LogP contribution in [0.4, 0.5) is 0 Å². The largest absolute Gasteiger partial charge is 0.493 e. The second-order valence-electron chi connectivity index (χ2n) is 5.84. The topological polar surface area (TPSA) is 89.2 Å². The SMILES string of the molecule is CCOP(=O)(OCC)[C@@H](N)c1cc(OC)c(OC)cc1OCc1ccccc1. The zero-order valence-corrected chi connectivity index (χ0v) is 17.6. The van der Waals surface area contributed by atoms with E-state index >= 15 is 0 Å². The highest BCUT2D eigenvalue weighted by molar-refractivity contribution is 7.54. The van der Waals surface area contributed by atoms with Crippen molar-refractivity contribution in [1.29, 1.82) is 0 Å². The predicted molar refractivity (Wildman–Crippen MR) is 108 cm³/mol. The normalized spacial score (nSPS) is 12.5. The fourth-order valence-electron chi connectivity index (χ4n) is 2.70. The molecule has 0 aliphatic rings. The molecule has 2 rings (SSSR count). The van der Waals surface area contributed by atoms with Crippen LogP contribution in [0.2, 0.25) is 0 Å². The van der Waals surface area contributed by atoms with E-state index in [9.17, 15) is 4.57 Å². The molecule has 8 heteroatoms. The van der Waals surface area contributed by atoms with Gasteiger partial charge in [0.2, 0.25) is 0 Å². The van der Waals surface area contributed by atoms with Gasteiger partial charge in [0, 0.05) is 11.6 Å². The van der Waals surface area contributed by atoms with Crippen LogP contribution in [0.1, 0.15) is 30.8 Å². The molecule has 1 atom stereocenters. The van der Waals surface area contributed by atoms with Gasteiger partial charge in [-0.3, -0.25) is 4.57 Å². The van der Waals surface area contributed by atoms with Gasteiger partial charge in [0.25, 0.3) is 0 Å². The molecular formula is C20H28NO6P. The first-order valence-corrected chi connectivity index (χ1v) is 10.7. The maximum Gasteiger partial charge on any atom is 0.351 e. The molecule has 28 heavy (non-hydrogen) atoms. The molecule has 0 spiro atoms. The summed E-state index contributed by atoms with van der Waals surface area (Å²) in [5, 5.41) is 0. The molecule has 2 aromatic rings. The lowest BCUT2D eigenvalue weighted by molar-refractivity contribution is 0.211. The van der Waals surface area contributed by atoms with E-state index < -0.39 is 13.4 Å². The maximum atomic E-state index is 13.2. The van der Waals surface area contributed by atoms with Crippen molar-refractivity contribution in [3.63, 3.8) is 0 Å². The van der Waals surface area contributed by atoms with E-state index in [-0.39, 0.29) is 13.2 Å². The summed E-state index contributed by atoms with van der Waals surface area (Å²) in [5.41, 5.74) is 7.78. The molecule has 0 amide bonds. The monoisotopic (exact) mass is 409 g/mol. The van der Waals surface area contributed by atoms with E-state index in [2.05, 4.69) is 0 Å². The van der Waals surface area contributed by atoms with Crippen molar-refractivity contribution < 1.29 is 27.8 Å². The van der Waals surface area contributed by atoms with E-state index in [1.807, 2.05) is 30.3 Å². The zero-order chi connectivity index (χ0) is 20.6. The molecule has 2 N–H and O–H groups in total. The number of hydrogen-bond donors (Lipinski definition) is 1. The molecule has 0 unspecified atom stereocenters. The third kappa shape index (κ3) is 5.26. The molecule has 2 aromatic carbocycles. The van der Waals surface area contributed by atoms with E-state index in [0.717, 1.165) is 5.56 Å². The first kappa shape index (κ1) is 22.2. The van der Waals surface area contributed by atoms with Crippen LogP contribution in [0.15, 0.2) is 42.5 Å². The van der Waals surface area contributed by atoms with Crippen LogP contribution < -0.4 is 19.9 Å². The Morgan fingerprint density at radius 2 is 1.50 bits per heavy atom. The maximum absolute atomic E-state index is 13.2. The Morgan fingerprint density at radius 1 is 0.929 bits per heavy atom. The number of benzene rings is 2. The average Bonchev–Trinajstić information content (AvgIpc) is 2.72. The van der Waals surface area contributed by atoms with E-state index in [1.54, 1.807) is 26.0 Å². The van der Waals surface area contributed by atoms with Gasteiger partial charge < -0.3 is 29.0 Å². The number of methoxy groups -OCH3 is 2. The standard InChI is InChI=1S/C20H28NO6P/c1-5-26-28(22,27-6-2)20(21)16-12-18(23-3)19(24-4)13-17(16)25-14-15-10-8-7-9-11-15/h7-13,20H,5-6,14,21H2,1-4H3/t20-/m1/s1. The third-order valence-electron chi connectivity index (χ3n) is 4.03. The van der Waals surface area contributed by atoms with Crippen molar-refractivity contribution in [2.24, 2.45) is 5.73 Å². The Bertz CT molecular complexity index is 789. The number of rotatable bonds is 11. The van der Waals surface area contributed by atoms with Gasteiger partial charge in [-0.25, -0.2) is 0 Å². The Kier molecular flexibility index (Phi) is 8.33. The fraction of sp³-hybridized carbons (Fsp3) is 0.400. The van der Waals surface area contributed by atoms with Crippen molar-refractivity contribution in [2.75, 3.05) is 27.4 Å². The Hall–Kier alpha value is -2.05. The van der Waals surface area contributed by atoms with Gasteiger partial charge in [-0.15, -0.1) is 0 Å². The number of nitrogens with two attached hydrogens (primary N) is 1. The van der Waals surface area contributed by atoms with Crippen molar-refractivity contribution >= 4 is 7.60 Å². The van der Waals surface area contributed by atoms with Crippen molar-refractivity contribution in [2.45, 2.75) is 26.2 Å². The molecule has 0 radical (unpaired) electrons. The van der Waals surface area contributed by atoms with E-state index in [4.69, 9.17) is 29.0 Å². The van der Waals surface area contributed by atoms with Crippen LogP contribution in [-0.4, -0.2) is 27.4 Å². The molecule has 0 bridgehead atoms. The molecule has 0 heterocycles. The van der Waals surface area contributed by atoms with Crippen molar-refractivity contribution in [3.05, 3.63) is 53.6 Å². The zero-order valence-electron chi connectivity index (χ0n) is 16.7. The quantitative estimate of drug-likeness (QED) is 0.546. The second kappa shape index (κ2) is 10.5. The Morgan fingerprint density at radius 3 is 2.04 bits per heavy atom. The van der Waals surface area contributed by atoms with E-state index in [1.165, 1.54) is 14.2 Å². The summed E-state index contributed by atoms with van der Waals surface area (Å²) in [6.07, 6.45) is 0. The van der Waals surface area contributed by atoms with Crippen LogP contribution in [0, 0.1) is 0 Å². The van der Waals surface area contributed by atoms with Crippen LogP contribution in [-0.2, 0) is 20.2 Å². The lowest BCUT2D eigenvalue weighted by Crippen LogP contribution is -2.16. The average molecular weight is 409 g/mol. The first-order valence-electron chi connectivity index (χ1n) is 9.06. The summed E-state index contributed by atoms with van der Waals surface area (Å²) in [6.45, 7) is 4.19. The summed E-state index contributed by atoms with van der Waals surface area (Å²) < 4.78 is 40.8. The van der Waals surface area contributed by atoms with Crippen LogP contribution >= 0.6 is 7.60 Å². The highest BCUT2D eigenvalue weighted by Crippen LogP contribution is 2.60. The summed E-state index contributed by atoms with van der Waals surface area (Å²) in [4.78, 5) is 0. The van der Waals surface area contributed by atoms with Gasteiger partial charge >= 0.3 is 7.60 Å². The van der Waals surface area contributed by atoms with Gasteiger partial charge in [-0.1, -0.05) is 30.3 Å². The summed E-state index contributed by atoms with van der Waals surface area (Å²) in [7, 11) is -0.560. The third-order valence-corrected chi connectivity index (χ3v) is 6.23. The van der Waals surface area contributed by atoms with Gasteiger partial charge in [-0.2, -0.15) is 0 Å². The smallest absolute Gasteiger partial charge is 0.351 e. The van der Waals surface area contributed by atoms with Crippen molar-refractivity contribution in [1.82, 2.24) is 0 Å². The minimum absolute atomic E-state index is 0.207. The molecule has 154 valence electrons. The Labute approximate surface area is 166 Å².